The average molecular weight is 360 g/mol. The molecule has 0 bridgehead atoms. The molecule has 0 amide bonds. The van der Waals surface area contributed by atoms with Gasteiger partial charge in [0.15, 0.2) is 0 Å². The van der Waals surface area contributed by atoms with Crippen LogP contribution in [0, 0.1) is 6.92 Å². The fourth-order valence-electron chi connectivity index (χ4n) is 3.56. The molecule has 3 aromatic rings. The van der Waals surface area contributed by atoms with Crippen molar-refractivity contribution in [3.8, 4) is 16.9 Å². The quantitative estimate of drug-likeness (QED) is 0.654. The van der Waals surface area contributed by atoms with Crippen LogP contribution in [0.25, 0.3) is 22.2 Å². The van der Waals surface area contributed by atoms with Crippen molar-refractivity contribution in [1.29, 1.82) is 0 Å². The van der Waals surface area contributed by atoms with E-state index >= 15 is 0 Å². The molecule has 1 aromatic heterocycles. The molecule has 2 heterocycles. The summed E-state index contributed by atoms with van der Waals surface area (Å²) in [4.78, 5) is 19.6. The minimum absolute atomic E-state index is 0.291. The molecule has 4 heteroatoms. The van der Waals surface area contributed by atoms with Gasteiger partial charge in [0.25, 0.3) is 0 Å². The van der Waals surface area contributed by atoms with Crippen LogP contribution in [0.15, 0.2) is 48.0 Å². The Morgan fingerprint density at radius 2 is 2.00 bits per heavy atom. The predicted molar refractivity (Wildman–Crippen MR) is 108 cm³/mol. The molecule has 1 aliphatic rings. The minimum Gasteiger partial charge on any atom is -0.493 e. The number of allylic oxidation sites excluding steroid dienone is 1. The molecule has 4 nitrogen and oxygen atoms in total. The summed E-state index contributed by atoms with van der Waals surface area (Å²) in [6, 6.07) is 12.7. The molecule has 1 N–H and O–H groups in total. The van der Waals surface area contributed by atoms with Crippen LogP contribution in [0.2, 0.25) is 0 Å². The van der Waals surface area contributed by atoms with E-state index in [1.165, 1.54) is 5.57 Å². The maximum atomic E-state index is 11.8. The van der Waals surface area contributed by atoms with Gasteiger partial charge in [0.1, 0.15) is 17.4 Å². The van der Waals surface area contributed by atoms with E-state index in [9.17, 15) is 4.79 Å². The summed E-state index contributed by atoms with van der Waals surface area (Å²) in [5.41, 5.74) is 6.70. The maximum Gasteiger partial charge on any atom is 0.136 e. The predicted octanol–water partition coefficient (Wildman–Crippen LogP) is 5.16. The molecule has 0 saturated carbocycles. The third kappa shape index (κ3) is 3.80. The number of aryl methyl sites for hydroxylation is 1. The van der Waals surface area contributed by atoms with Crippen LogP contribution in [0.5, 0.6) is 5.75 Å². The van der Waals surface area contributed by atoms with Crippen LogP contribution < -0.4 is 4.74 Å². The van der Waals surface area contributed by atoms with Crippen molar-refractivity contribution >= 4 is 16.8 Å². The number of ketones is 1. The van der Waals surface area contributed by atoms with Gasteiger partial charge in [-0.2, -0.15) is 0 Å². The van der Waals surface area contributed by atoms with Crippen molar-refractivity contribution in [3.63, 3.8) is 0 Å². The van der Waals surface area contributed by atoms with Crippen molar-refractivity contribution in [2.45, 2.75) is 39.5 Å². The van der Waals surface area contributed by atoms with Crippen LogP contribution in [0.1, 0.15) is 37.6 Å². The number of aromatic nitrogens is 2. The lowest BCUT2D eigenvalue weighted by Crippen LogP contribution is -2.07. The number of hydrogen-bond acceptors (Lipinski definition) is 3. The third-order valence-corrected chi connectivity index (χ3v) is 5.10. The Morgan fingerprint density at radius 1 is 1.19 bits per heavy atom. The second-order valence-corrected chi connectivity index (χ2v) is 7.11. The summed E-state index contributed by atoms with van der Waals surface area (Å²) < 4.78 is 5.97. The molecule has 2 aromatic carbocycles. The van der Waals surface area contributed by atoms with Gasteiger partial charge in [0.05, 0.1) is 17.6 Å². The largest absolute Gasteiger partial charge is 0.493 e. The monoisotopic (exact) mass is 360 g/mol. The van der Waals surface area contributed by atoms with E-state index in [-0.39, 0.29) is 0 Å². The molecule has 4 rings (SSSR count). The lowest BCUT2D eigenvalue weighted by Gasteiger charge is -2.17. The molecular weight excluding hydrogens is 336 g/mol. The molecule has 0 saturated heterocycles. The highest BCUT2D eigenvalue weighted by Gasteiger charge is 2.12. The second-order valence-electron chi connectivity index (χ2n) is 7.11. The van der Waals surface area contributed by atoms with E-state index < -0.39 is 0 Å². The Labute approximate surface area is 159 Å². The van der Waals surface area contributed by atoms with Crippen molar-refractivity contribution in [2.75, 3.05) is 6.61 Å². The summed E-state index contributed by atoms with van der Waals surface area (Å²) in [6.45, 7) is 4.51. The van der Waals surface area contributed by atoms with Crippen molar-refractivity contribution in [1.82, 2.24) is 9.97 Å². The lowest BCUT2D eigenvalue weighted by atomic mass is 9.97. The van der Waals surface area contributed by atoms with Crippen molar-refractivity contribution in [2.24, 2.45) is 0 Å². The zero-order valence-corrected chi connectivity index (χ0v) is 15.8. The number of H-pyrrole nitrogens is 1. The average Bonchev–Trinajstić information content (AvgIpc) is 3.03. The molecule has 0 spiro atoms. The molecule has 0 fully saturated rings. The minimum atomic E-state index is 0.291. The van der Waals surface area contributed by atoms with Gasteiger partial charge < -0.3 is 9.72 Å². The number of ether oxygens (including phenoxy) is 1. The van der Waals surface area contributed by atoms with Gasteiger partial charge in [0, 0.05) is 19.3 Å². The fourth-order valence-corrected chi connectivity index (χ4v) is 3.56. The Balaban J connectivity index is 1.64. The SMILES string of the molecule is CCC(=O)C/C1=C/Cc2cc(-c3ccc4nc(C)[nH]c4c3)ccc2OCC1. The van der Waals surface area contributed by atoms with E-state index in [0.29, 0.717) is 25.2 Å². The van der Waals surface area contributed by atoms with E-state index in [2.05, 4.69) is 52.4 Å². The van der Waals surface area contributed by atoms with Crippen LogP contribution in [-0.2, 0) is 11.2 Å². The first-order chi connectivity index (χ1) is 13.1. The molecular formula is C23H24N2O2. The van der Waals surface area contributed by atoms with Gasteiger partial charge in [0.2, 0.25) is 0 Å². The molecule has 0 radical (unpaired) electrons. The third-order valence-electron chi connectivity index (χ3n) is 5.10. The fraction of sp³-hybridized carbons (Fsp3) is 0.304. The van der Waals surface area contributed by atoms with Crippen LogP contribution in [0.4, 0.5) is 0 Å². The van der Waals surface area contributed by atoms with Crippen molar-refractivity contribution in [3.05, 3.63) is 59.4 Å². The van der Waals surface area contributed by atoms with E-state index in [1.54, 1.807) is 0 Å². The first kappa shape index (κ1) is 17.5. The van der Waals surface area contributed by atoms with E-state index in [0.717, 1.165) is 52.1 Å². The number of imidazole rings is 1. The standard InChI is InChI=1S/C23H24N2O2/c1-3-20(26)12-16-4-5-19-13-17(7-9-23(19)27-11-10-16)18-6-8-21-22(14-18)25-15(2)24-21/h4,6-9,13-14H,3,5,10-12H2,1-2H3,(H,24,25)/b16-4+. The van der Waals surface area contributed by atoms with Crippen molar-refractivity contribution < 1.29 is 9.53 Å². The molecule has 0 atom stereocenters. The van der Waals surface area contributed by atoms with E-state index in [4.69, 9.17) is 4.74 Å². The topological polar surface area (TPSA) is 55.0 Å². The number of carbonyl (C=O) groups is 1. The van der Waals surface area contributed by atoms with Crippen LogP contribution in [-0.4, -0.2) is 22.4 Å². The molecule has 27 heavy (non-hydrogen) atoms. The highest BCUT2D eigenvalue weighted by Crippen LogP contribution is 2.31. The summed E-state index contributed by atoms with van der Waals surface area (Å²) >= 11 is 0. The van der Waals surface area contributed by atoms with Crippen LogP contribution >= 0.6 is 0 Å². The first-order valence-corrected chi connectivity index (χ1v) is 9.54. The van der Waals surface area contributed by atoms with Gasteiger partial charge in [-0.3, -0.25) is 4.79 Å². The smallest absolute Gasteiger partial charge is 0.136 e. The normalized spacial score (nSPS) is 16.0. The van der Waals surface area contributed by atoms with Gasteiger partial charge in [-0.1, -0.05) is 30.7 Å². The van der Waals surface area contributed by atoms with Gasteiger partial charge in [-0.15, -0.1) is 0 Å². The highest BCUT2D eigenvalue weighted by atomic mass is 16.5. The zero-order valence-electron chi connectivity index (χ0n) is 15.8. The van der Waals surface area contributed by atoms with Gasteiger partial charge >= 0.3 is 0 Å². The second kappa shape index (κ2) is 7.39. The molecule has 0 unspecified atom stereocenters. The Morgan fingerprint density at radius 3 is 2.85 bits per heavy atom. The zero-order chi connectivity index (χ0) is 18.8. The Bertz CT molecular complexity index is 1030. The van der Waals surface area contributed by atoms with Gasteiger partial charge in [-0.05, 0) is 54.3 Å². The number of nitrogens with one attached hydrogen (secondary N) is 1. The molecule has 138 valence electrons. The summed E-state index contributed by atoms with van der Waals surface area (Å²) in [6.07, 6.45) is 4.96. The van der Waals surface area contributed by atoms with Crippen LogP contribution in [0.3, 0.4) is 0 Å². The molecule has 1 aliphatic heterocycles. The highest BCUT2D eigenvalue weighted by molar-refractivity contribution is 5.82. The molecule has 0 aliphatic carbocycles. The number of benzene rings is 2. The summed E-state index contributed by atoms with van der Waals surface area (Å²) in [7, 11) is 0. The Hall–Kier alpha value is -2.88. The maximum absolute atomic E-state index is 11.8. The van der Waals surface area contributed by atoms with E-state index in [1.807, 2.05) is 13.8 Å². The number of fused-ring (bicyclic) bond motifs is 2. The number of nitrogens with zero attached hydrogens (tertiary/aromatic N) is 1. The number of carbonyl (C=O) groups excluding carboxylic acids is 1. The number of Topliss-reactive ketones (excluding diaryl/α,β-unsaturated/α-hetero) is 1. The number of rotatable bonds is 4. The first-order valence-electron chi connectivity index (χ1n) is 9.54. The summed E-state index contributed by atoms with van der Waals surface area (Å²) in [5, 5.41) is 0. The number of hydrogen-bond donors (Lipinski definition) is 1. The lowest BCUT2D eigenvalue weighted by molar-refractivity contribution is -0.118. The van der Waals surface area contributed by atoms with Gasteiger partial charge in [-0.25, -0.2) is 4.98 Å². The summed E-state index contributed by atoms with van der Waals surface area (Å²) in [5.74, 6) is 2.15. The number of aromatic amines is 1. The Kier molecular flexibility index (Phi) is 4.80.